The highest BCUT2D eigenvalue weighted by Crippen LogP contribution is 2.36. The quantitative estimate of drug-likeness (QED) is 0.775. The highest BCUT2D eigenvalue weighted by atomic mass is 19.4. The molecule has 4 nitrogen and oxygen atoms in total. The Morgan fingerprint density at radius 1 is 1.21 bits per heavy atom. The summed E-state index contributed by atoms with van der Waals surface area (Å²) in [5.74, 6) is -0.159. The van der Waals surface area contributed by atoms with Gasteiger partial charge in [0.25, 0.3) is 0 Å². The van der Waals surface area contributed by atoms with Gasteiger partial charge in [0.1, 0.15) is 6.54 Å². The molecule has 1 aliphatic heterocycles. The fourth-order valence-electron chi connectivity index (χ4n) is 4.54. The van der Waals surface area contributed by atoms with Crippen LogP contribution in [0.25, 0.3) is 0 Å². The first-order chi connectivity index (χ1) is 13.3. The number of rotatable bonds is 3. The van der Waals surface area contributed by atoms with Crippen LogP contribution in [0.15, 0.2) is 24.3 Å². The Bertz CT molecular complexity index is 888. The molecule has 1 saturated heterocycles. The summed E-state index contributed by atoms with van der Waals surface area (Å²) in [6, 6.07) is 8.07. The van der Waals surface area contributed by atoms with Gasteiger partial charge in [-0.1, -0.05) is 29.8 Å². The van der Waals surface area contributed by atoms with Crippen LogP contribution in [-0.4, -0.2) is 27.1 Å². The molecule has 2 aliphatic rings. The van der Waals surface area contributed by atoms with Crippen LogP contribution in [-0.2, 0) is 30.4 Å². The third kappa shape index (κ3) is 3.54. The number of carbonyl (C=O) groups excluding carboxylic acids is 1. The van der Waals surface area contributed by atoms with Gasteiger partial charge in [-0.25, -0.2) is 0 Å². The molecule has 150 valence electrons. The van der Waals surface area contributed by atoms with Crippen molar-refractivity contribution in [3.05, 3.63) is 52.3 Å². The van der Waals surface area contributed by atoms with E-state index in [1.54, 1.807) is 4.90 Å². The van der Waals surface area contributed by atoms with E-state index in [1.165, 1.54) is 4.68 Å². The fraction of sp³-hybridized carbons (Fsp3) is 0.524. The molecule has 1 aliphatic carbocycles. The Labute approximate surface area is 162 Å². The lowest BCUT2D eigenvalue weighted by Crippen LogP contribution is -2.34. The topological polar surface area (TPSA) is 38.1 Å². The van der Waals surface area contributed by atoms with Crippen molar-refractivity contribution < 1.29 is 18.0 Å². The summed E-state index contributed by atoms with van der Waals surface area (Å²) in [5, 5.41) is 3.83. The maximum absolute atomic E-state index is 13.4. The third-order valence-corrected chi connectivity index (χ3v) is 5.81. The van der Waals surface area contributed by atoms with Crippen molar-refractivity contribution in [3.63, 3.8) is 0 Å². The van der Waals surface area contributed by atoms with Gasteiger partial charge in [-0.15, -0.1) is 0 Å². The molecule has 0 bridgehead atoms. The number of aromatic nitrogens is 2. The molecule has 2 heterocycles. The Balaban J connectivity index is 1.59. The van der Waals surface area contributed by atoms with Crippen LogP contribution in [0.5, 0.6) is 0 Å². The first kappa shape index (κ1) is 19.0. The van der Waals surface area contributed by atoms with Crippen LogP contribution in [0, 0.1) is 6.92 Å². The third-order valence-electron chi connectivity index (χ3n) is 5.81. The Kier molecular flexibility index (Phi) is 4.93. The van der Waals surface area contributed by atoms with E-state index < -0.39 is 11.9 Å². The normalized spacial score (nSPS) is 19.7. The first-order valence-electron chi connectivity index (χ1n) is 9.86. The van der Waals surface area contributed by atoms with Crippen molar-refractivity contribution in [2.45, 2.75) is 64.2 Å². The zero-order valence-electron chi connectivity index (χ0n) is 15.9. The number of nitrogens with zero attached hydrogens (tertiary/aromatic N) is 3. The molecule has 1 atom stereocenters. The highest BCUT2D eigenvalue weighted by molar-refractivity contribution is 5.77. The molecule has 0 spiro atoms. The highest BCUT2D eigenvalue weighted by Gasteiger charge is 2.40. The molecule has 0 N–H and O–H groups in total. The van der Waals surface area contributed by atoms with Gasteiger partial charge in [-0.05, 0) is 51.0 Å². The molecule has 0 saturated carbocycles. The number of carbonyl (C=O) groups is 1. The first-order valence-corrected chi connectivity index (χ1v) is 9.86. The number of halogens is 3. The van der Waals surface area contributed by atoms with E-state index in [2.05, 4.69) is 11.2 Å². The number of hydrogen-bond acceptors (Lipinski definition) is 2. The largest absolute Gasteiger partial charge is 0.435 e. The van der Waals surface area contributed by atoms with Gasteiger partial charge in [0.05, 0.1) is 6.04 Å². The van der Waals surface area contributed by atoms with Gasteiger partial charge in [0, 0.05) is 17.8 Å². The summed E-state index contributed by atoms with van der Waals surface area (Å²) in [6.07, 6.45) is -0.207. The summed E-state index contributed by atoms with van der Waals surface area (Å²) in [7, 11) is 0. The predicted octanol–water partition coefficient (Wildman–Crippen LogP) is 4.45. The number of amides is 1. The number of fused-ring (bicyclic) bond motifs is 1. The zero-order valence-corrected chi connectivity index (χ0v) is 15.9. The maximum atomic E-state index is 13.4. The van der Waals surface area contributed by atoms with E-state index in [0.717, 1.165) is 36.8 Å². The van der Waals surface area contributed by atoms with E-state index in [1.807, 2.05) is 25.1 Å². The van der Waals surface area contributed by atoms with Gasteiger partial charge in [-0.3, -0.25) is 9.48 Å². The lowest BCUT2D eigenvalue weighted by Gasteiger charge is -2.26. The maximum Gasteiger partial charge on any atom is 0.435 e. The van der Waals surface area contributed by atoms with Crippen LogP contribution in [0.3, 0.4) is 0 Å². The molecular formula is C21H24F3N3O. The molecule has 0 unspecified atom stereocenters. The Morgan fingerprint density at radius 3 is 2.75 bits per heavy atom. The average Bonchev–Trinajstić information content (AvgIpc) is 3.27. The molecular weight excluding hydrogens is 367 g/mol. The van der Waals surface area contributed by atoms with Gasteiger partial charge < -0.3 is 4.90 Å². The van der Waals surface area contributed by atoms with E-state index in [4.69, 9.17) is 0 Å². The van der Waals surface area contributed by atoms with E-state index in [0.29, 0.717) is 25.1 Å². The van der Waals surface area contributed by atoms with E-state index in [-0.39, 0.29) is 24.1 Å². The number of hydrogen-bond donors (Lipinski definition) is 0. The monoisotopic (exact) mass is 391 g/mol. The Hall–Kier alpha value is -2.31. The van der Waals surface area contributed by atoms with Gasteiger partial charge in [0.2, 0.25) is 5.91 Å². The zero-order chi connectivity index (χ0) is 19.9. The summed E-state index contributed by atoms with van der Waals surface area (Å²) >= 11 is 0. The molecule has 28 heavy (non-hydrogen) atoms. The molecule has 1 amide bonds. The van der Waals surface area contributed by atoms with Gasteiger partial charge >= 0.3 is 6.18 Å². The second kappa shape index (κ2) is 7.26. The molecule has 1 fully saturated rings. The van der Waals surface area contributed by atoms with Crippen molar-refractivity contribution in [2.24, 2.45) is 0 Å². The van der Waals surface area contributed by atoms with Crippen LogP contribution < -0.4 is 0 Å². The van der Waals surface area contributed by atoms with Crippen molar-refractivity contribution in [3.8, 4) is 0 Å². The van der Waals surface area contributed by atoms with Crippen LogP contribution in [0.4, 0.5) is 13.2 Å². The minimum Gasteiger partial charge on any atom is -0.334 e. The SMILES string of the molecule is Cc1cccc([C@H]2CCCN2C(=O)Cn2nc(C(F)(F)F)c3c2CCCC3)c1. The smallest absolute Gasteiger partial charge is 0.334 e. The number of aryl methyl sites for hydroxylation is 1. The van der Waals surface area contributed by atoms with Crippen LogP contribution in [0.1, 0.15) is 59.8 Å². The van der Waals surface area contributed by atoms with Crippen molar-refractivity contribution in [2.75, 3.05) is 6.54 Å². The van der Waals surface area contributed by atoms with Crippen molar-refractivity contribution >= 4 is 5.91 Å². The molecule has 4 rings (SSSR count). The second-order valence-electron chi connectivity index (χ2n) is 7.80. The molecule has 0 radical (unpaired) electrons. The van der Waals surface area contributed by atoms with Crippen molar-refractivity contribution in [1.82, 2.24) is 14.7 Å². The standard InChI is InChI=1S/C21H24F3N3O/c1-14-6-4-7-15(12-14)17-10-5-11-26(17)19(28)13-27-18-9-3-2-8-16(18)20(25-27)21(22,23)24/h4,6-7,12,17H,2-3,5,8-11,13H2,1H3/t17-/m1/s1. The summed E-state index contributed by atoms with van der Waals surface area (Å²) in [5.41, 5.74) is 2.27. The summed E-state index contributed by atoms with van der Waals surface area (Å²) in [6.45, 7) is 2.52. The lowest BCUT2D eigenvalue weighted by molar-refractivity contribution is -0.142. The van der Waals surface area contributed by atoms with E-state index >= 15 is 0 Å². The summed E-state index contributed by atoms with van der Waals surface area (Å²) < 4.78 is 41.4. The fourth-order valence-corrected chi connectivity index (χ4v) is 4.54. The molecule has 2 aromatic rings. The molecule has 7 heteroatoms. The van der Waals surface area contributed by atoms with E-state index in [9.17, 15) is 18.0 Å². The van der Waals surface area contributed by atoms with Gasteiger partial charge in [0.15, 0.2) is 5.69 Å². The number of benzene rings is 1. The minimum absolute atomic E-state index is 0.0131. The second-order valence-corrected chi connectivity index (χ2v) is 7.80. The summed E-state index contributed by atoms with van der Waals surface area (Å²) in [4.78, 5) is 14.8. The lowest BCUT2D eigenvalue weighted by atomic mass is 9.95. The van der Waals surface area contributed by atoms with Crippen LogP contribution >= 0.6 is 0 Å². The molecule has 1 aromatic carbocycles. The number of likely N-dealkylation sites (tertiary alicyclic amines) is 1. The predicted molar refractivity (Wildman–Crippen MR) is 98.7 cm³/mol. The molecule has 1 aromatic heterocycles. The number of alkyl halides is 3. The average molecular weight is 391 g/mol. The van der Waals surface area contributed by atoms with Crippen molar-refractivity contribution in [1.29, 1.82) is 0 Å². The minimum atomic E-state index is -4.48. The van der Waals surface area contributed by atoms with Crippen LogP contribution in [0.2, 0.25) is 0 Å². The Morgan fingerprint density at radius 2 is 2.00 bits per heavy atom. The van der Waals surface area contributed by atoms with Gasteiger partial charge in [-0.2, -0.15) is 18.3 Å².